The molecule has 0 unspecified atom stereocenters. The van der Waals surface area contributed by atoms with Gasteiger partial charge in [0, 0.05) is 31.7 Å². The highest BCUT2D eigenvalue weighted by Crippen LogP contribution is 2.14. The van der Waals surface area contributed by atoms with Crippen LogP contribution in [0.5, 0.6) is 0 Å². The quantitative estimate of drug-likeness (QED) is 0.777. The van der Waals surface area contributed by atoms with Crippen molar-refractivity contribution in [1.29, 1.82) is 0 Å². The maximum atomic E-state index is 12.5. The SMILES string of the molecule is C=CCNS(=O)(=O)c1cccc(C(=O)N2CCCNCC2)c1. The summed E-state index contributed by atoms with van der Waals surface area (Å²) in [6.07, 6.45) is 2.36. The first-order valence-electron chi connectivity index (χ1n) is 7.25. The van der Waals surface area contributed by atoms with Crippen LogP contribution in [0.1, 0.15) is 16.8 Å². The molecule has 0 spiro atoms. The van der Waals surface area contributed by atoms with E-state index in [1.165, 1.54) is 18.2 Å². The van der Waals surface area contributed by atoms with Crippen molar-refractivity contribution in [1.82, 2.24) is 14.9 Å². The Balaban J connectivity index is 2.20. The van der Waals surface area contributed by atoms with Crippen LogP contribution in [-0.2, 0) is 10.0 Å². The predicted molar refractivity (Wildman–Crippen MR) is 85.2 cm³/mol. The number of benzene rings is 1. The lowest BCUT2D eigenvalue weighted by atomic mass is 10.2. The van der Waals surface area contributed by atoms with Crippen LogP contribution in [0.2, 0.25) is 0 Å². The lowest BCUT2D eigenvalue weighted by Crippen LogP contribution is -2.34. The topological polar surface area (TPSA) is 78.5 Å². The molecule has 1 aromatic rings. The molecule has 1 heterocycles. The number of sulfonamides is 1. The molecule has 1 amide bonds. The zero-order valence-electron chi connectivity index (χ0n) is 12.4. The Bertz CT molecular complexity index is 635. The van der Waals surface area contributed by atoms with E-state index in [1.807, 2.05) is 0 Å². The Labute approximate surface area is 131 Å². The highest BCUT2D eigenvalue weighted by Gasteiger charge is 2.20. The molecule has 1 saturated heterocycles. The molecule has 0 aromatic heterocycles. The van der Waals surface area contributed by atoms with Crippen LogP contribution in [0.15, 0.2) is 41.8 Å². The third-order valence-electron chi connectivity index (χ3n) is 3.44. The molecule has 0 atom stereocenters. The van der Waals surface area contributed by atoms with Gasteiger partial charge in [0.1, 0.15) is 0 Å². The summed E-state index contributed by atoms with van der Waals surface area (Å²) in [5.74, 6) is -0.135. The highest BCUT2D eigenvalue weighted by molar-refractivity contribution is 7.89. The Hall–Kier alpha value is -1.70. The molecule has 1 aliphatic rings. The fourth-order valence-corrected chi connectivity index (χ4v) is 3.32. The Kier molecular flexibility index (Phi) is 5.70. The summed E-state index contributed by atoms with van der Waals surface area (Å²) in [5.41, 5.74) is 0.392. The second-order valence-electron chi connectivity index (χ2n) is 5.06. The lowest BCUT2D eigenvalue weighted by molar-refractivity contribution is 0.0766. The van der Waals surface area contributed by atoms with Gasteiger partial charge in [-0.25, -0.2) is 13.1 Å². The number of nitrogens with zero attached hydrogens (tertiary/aromatic N) is 1. The standard InChI is InChI=1S/C15H21N3O3S/c1-2-7-17-22(20,21)14-6-3-5-13(12-14)15(19)18-10-4-8-16-9-11-18/h2-3,5-6,12,16-17H,1,4,7-11H2. The predicted octanol–water partition coefficient (Wildman–Crippen LogP) is 0.586. The van der Waals surface area contributed by atoms with Crippen molar-refractivity contribution in [2.75, 3.05) is 32.7 Å². The summed E-state index contributed by atoms with van der Waals surface area (Å²) in [5, 5.41) is 3.23. The first-order chi connectivity index (χ1) is 10.5. The van der Waals surface area contributed by atoms with Gasteiger partial charge in [-0.1, -0.05) is 12.1 Å². The Morgan fingerprint density at radius 3 is 2.95 bits per heavy atom. The molecule has 7 heteroatoms. The number of hydrogen-bond donors (Lipinski definition) is 2. The molecule has 2 N–H and O–H groups in total. The van der Waals surface area contributed by atoms with E-state index in [0.717, 1.165) is 19.5 Å². The zero-order chi connectivity index (χ0) is 16.0. The van der Waals surface area contributed by atoms with Gasteiger partial charge in [0.2, 0.25) is 10.0 Å². The van der Waals surface area contributed by atoms with E-state index in [9.17, 15) is 13.2 Å². The van der Waals surface area contributed by atoms with Gasteiger partial charge in [0.05, 0.1) is 4.90 Å². The van der Waals surface area contributed by atoms with Gasteiger partial charge < -0.3 is 10.2 Å². The molecule has 120 valence electrons. The number of hydrogen-bond acceptors (Lipinski definition) is 4. The van der Waals surface area contributed by atoms with Gasteiger partial charge in [-0.05, 0) is 31.2 Å². The second kappa shape index (κ2) is 7.53. The van der Waals surface area contributed by atoms with Crippen molar-refractivity contribution in [3.63, 3.8) is 0 Å². The Morgan fingerprint density at radius 1 is 1.36 bits per heavy atom. The molecule has 0 radical (unpaired) electrons. The van der Waals surface area contributed by atoms with E-state index in [0.29, 0.717) is 18.7 Å². The van der Waals surface area contributed by atoms with Crippen LogP contribution >= 0.6 is 0 Å². The van der Waals surface area contributed by atoms with Crippen molar-refractivity contribution in [3.8, 4) is 0 Å². The van der Waals surface area contributed by atoms with Gasteiger partial charge in [0.15, 0.2) is 0 Å². The monoisotopic (exact) mass is 323 g/mol. The van der Waals surface area contributed by atoms with Crippen LogP contribution in [0.3, 0.4) is 0 Å². The average Bonchev–Trinajstić information content (AvgIpc) is 2.81. The minimum atomic E-state index is -3.62. The fraction of sp³-hybridized carbons (Fsp3) is 0.400. The van der Waals surface area contributed by atoms with Gasteiger partial charge in [-0.15, -0.1) is 6.58 Å². The first-order valence-corrected chi connectivity index (χ1v) is 8.73. The van der Waals surface area contributed by atoms with E-state index in [2.05, 4.69) is 16.6 Å². The van der Waals surface area contributed by atoms with Gasteiger partial charge >= 0.3 is 0 Å². The van der Waals surface area contributed by atoms with Crippen molar-refractivity contribution in [2.45, 2.75) is 11.3 Å². The molecule has 22 heavy (non-hydrogen) atoms. The van der Waals surface area contributed by atoms with Crippen LogP contribution in [-0.4, -0.2) is 51.9 Å². The van der Waals surface area contributed by atoms with Crippen LogP contribution in [0.25, 0.3) is 0 Å². The minimum Gasteiger partial charge on any atom is -0.337 e. The van der Waals surface area contributed by atoms with Gasteiger partial charge in [-0.2, -0.15) is 0 Å². The first kappa shape index (κ1) is 16.7. The van der Waals surface area contributed by atoms with E-state index in [4.69, 9.17) is 0 Å². The summed E-state index contributed by atoms with van der Waals surface area (Å²) >= 11 is 0. The largest absolute Gasteiger partial charge is 0.337 e. The maximum Gasteiger partial charge on any atom is 0.253 e. The lowest BCUT2D eigenvalue weighted by Gasteiger charge is -2.20. The van der Waals surface area contributed by atoms with E-state index < -0.39 is 10.0 Å². The summed E-state index contributed by atoms with van der Waals surface area (Å²) < 4.78 is 26.6. The summed E-state index contributed by atoms with van der Waals surface area (Å²) in [6.45, 7) is 6.59. The van der Waals surface area contributed by atoms with Crippen LogP contribution in [0.4, 0.5) is 0 Å². The molecular weight excluding hydrogens is 302 g/mol. The third-order valence-corrected chi connectivity index (χ3v) is 4.86. The van der Waals surface area contributed by atoms with E-state index in [1.54, 1.807) is 17.0 Å². The molecule has 2 rings (SSSR count). The number of rotatable bonds is 5. The number of carbonyl (C=O) groups is 1. The molecular formula is C15H21N3O3S. The molecule has 6 nitrogen and oxygen atoms in total. The molecule has 0 saturated carbocycles. The normalized spacial score (nSPS) is 16.1. The smallest absolute Gasteiger partial charge is 0.253 e. The molecule has 1 aromatic carbocycles. The number of carbonyl (C=O) groups excluding carboxylic acids is 1. The second-order valence-corrected chi connectivity index (χ2v) is 6.83. The van der Waals surface area contributed by atoms with Crippen molar-refractivity contribution < 1.29 is 13.2 Å². The highest BCUT2D eigenvalue weighted by atomic mass is 32.2. The zero-order valence-corrected chi connectivity index (χ0v) is 13.2. The maximum absolute atomic E-state index is 12.5. The van der Waals surface area contributed by atoms with Crippen LogP contribution < -0.4 is 10.0 Å². The summed E-state index contributed by atoms with van der Waals surface area (Å²) in [6, 6.07) is 6.14. The molecule has 0 bridgehead atoms. The summed E-state index contributed by atoms with van der Waals surface area (Å²) in [7, 11) is -3.62. The van der Waals surface area contributed by atoms with E-state index in [-0.39, 0.29) is 17.3 Å². The number of amides is 1. The molecule has 1 fully saturated rings. The Morgan fingerprint density at radius 2 is 2.18 bits per heavy atom. The third kappa shape index (κ3) is 4.16. The van der Waals surface area contributed by atoms with Crippen LogP contribution in [0, 0.1) is 0 Å². The average molecular weight is 323 g/mol. The minimum absolute atomic E-state index is 0.0909. The van der Waals surface area contributed by atoms with Gasteiger partial charge in [-0.3, -0.25) is 4.79 Å². The van der Waals surface area contributed by atoms with Gasteiger partial charge in [0.25, 0.3) is 5.91 Å². The molecule has 1 aliphatic heterocycles. The summed E-state index contributed by atoms with van der Waals surface area (Å²) in [4.78, 5) is 14.4. The van der Waals surface area contributed by atoms with E-state index >= 15 is 0 Å². The molecule has 0 aliphatic carbocycles. The fourth-order valence-electron chi connectivity index (χ4n) is 2.28. The van der Waals surface area contributed by atoms with Crippen molar-refractivity contribution >= 4 is 15.9 Å². The van der Waals surface area contributed by atoms with Crippen molar-refractivity contribution in [3.05, 3.63) is 42.5 Å². The van der Waals surface area contributed by atoms with Crippen molar-refractivity contribution in [2.24, 2.45) is 0 Å². The number of nitrogens with one attached hydrogen (secondary N) is 2.